The van der Waals surface area contributed by atoms with Gasteiger partial charge in [-0.15, -0.1) is 0 Å². The Morgan fingerprint density at radius 1 is 1.17 bits per heavy atom. The highest BCUT2D eigenvalue weighted by Crippen LogP contribution is 2.28. The number of aromatic nitrogens is 3. The van der Waals surface area contributed by atoms with E-state index in [1.165, 1.54) is 0 Å². The van der Waals surface area contributed by atoms with Gasteiger partial charge in [0, 0.05) is 24.0 Å². The zero-order valence-electron chi connectivity index (χ0n) is 16.6. The molecule has 152 valence electrons. The fourth-order valence-corrected chi connectivity index (χ4v) is 2.95. The summed E-state index contributed by atoms with van der Waals surface area (Å²) < 4.78 is 7.48. The number of carbonyl (C=O) groups is 1. The lowest BCUT2D eigenvalue weighted by Gasteiger charge is -2.17. The van der Waals surface area contributed by atoms with Gasteiger partial charge < -0.3 is 15.4 Å². The summed E-state index contributed by atoms with van der Waals surface area (Å²) in [6.07, 6.45) is 3.38. The topological polar surface area (TPSA) is 81.1 Å². The maximum atomic E-state index is 12.5. The normalized spacial score (nSPS) is 11.9. The Hall–Kier alpha value is -3.06. The van der Waals surface area contributed by atoms with Crippen molar-refractivity contribution in [3.8, 4) is 5.75 Å². The molecule has 1 aromatic carbocycles. The molecule has 2 heterocycles. The first-order valence-corrected chi connectivity index (χ1v) is 9.75. The third kappa shape index (κ3) is 5.48. The molecule has 3 aromatic rings. The van der Waals surface area contributed by atoms with E-state index >= 15 is 0 Å². The van der Waals surface area contributed by atoms with Crippen LogP contribution in [0.15, 0.2) is 54.9 Å². The average Bonchev–Trinajstić information content (AvgIpc) is 3.16. The van der Waals surface area contributed by atoms with Gasteiger partial charge in [0.1, 0.15) is 24.2 Å². The summed E-state index contributed by atoms with van der Waals surface area (Å²) in [7, 11) is 0. The van der Waals surface area contributed by atoms with Crippen LogP contribution in [0.4, 0.5) is 11.5 Å². The molecule has 8 heteroatoms. The average molecular weight is 414 g/mol. The zero-order chi connectivity index (χ0) is 20.8. The summed E-state index contributed by atoms with van der Waals surface area (Å²) in [5.41, 5.74) is 1.54. The van der Waals surface area contributed by atoms with Crippen molar-refractivity contribution in [3.63, 3.8) is 0 Å². The van der Waals surface area contributed by atoms with Gasteiger partial charge in [0.05, 0.1) is 16.9 Å². The van der Waals surface area contributed by atoms with Crippen LogP contribution >= 0.6 is 11.6 Å². The van der Waals surface area contributed by atoms with Gasteiger partial charge in [-0.25, -0.2) is 4.68 Å². The molecule has 0 saturated heterocycles. The number of rotatable bonds is 8. The number of benzene rings is 1. The SMILES string of the molecule is CC(Nc1ccc(OCc2ccccn2)c(Cl)c1)C(=O)Nc1ccnn1C(C)C. The molecule has 7 nitrogen and oxygen atoms in total. The van der Waals surface area contributed by atoms with E-state index in [2.05, 4.69) is 20.7 Å². The fraction of sp³-hybridized carbons (Fsp3) is 0.286. The molecular formula is C21H24ClN5O2. The summed E-state index contributed by atoms with van der Waals surface area (Å²) in [5.74, 6) is 1.05. The minimum Gasteiger partial charge on any atom is -0.486 e. The monoisotopic (exact) mass is 413 g/mol. The number of nitrogens with zero attached hydrogens (tertiary/aromatic N) is 3. The van der Waals surface area contributed by atoms with Crippen LogP contribution in [0, 0.1) is 0 Å². The minimum atomic E-state index is -0.470. The number of hydrogen-bond acceptors (Lipinski definition) is 5. The molecule has 29 heavy (non-hydrogen) atoms. The molecule has 3 rings (SSSR count). The summed E-state index contributed by atoms with van der Waals surface area (Å²) in [5, 5.41) is 10.7. The summed E-state index contributed by atoms with van der Waals surface area (Å²) in [6.45, 7) is 6.12. The highest BCUT2D eigenvalue weighted by atomic mass is 35.5. The number of halogens is 1. The first-order chi connectivity index (χ1) is 13.9. The van der Waals surface area contributed by atoms with Crippen LogP contribution < -0.4 is 15.4 Å². The van der Waals surface area contributed by atoms with Crippen molar-refractivity contribution >= 4 is 29.0 Å². The zero-order valence-corrected chi connectivity index (χ0v) is 17.3. The van der Waals surface area contributed by atoms with Crippen LogP contribution in [0.3, 0.4) is 0 Å². The van der Waals surface area contributed by atoms with Crippen molar-refractivity contribution in [2.24, 2.45) is 0 Å². The highest BCUT2D eigenvalue weighted by Gasteiger charge is 2.16. The molecule has 0 aliphatic heterocycles. The molecule has 1 atom stereocenters. The number of amides is 1. The molecule has 2 N–H and O–H groups in total. The van der Waals surface area contributed by atoms with E-state index in [1.54, 1.807) is 42.2 Å². The van der Waals surface area contributed by atoms with E-state index in [-0.39, 0.29) is 11.9 Å². The minimum absolute atomic E-state index is 0.154. The molecule has 0 saturated carbocycles. The lowest BCUT2D eigenvalue weighted by atomic mass is 10.2. The Morgan fingerprint density at radius 3 is 2.69 bits per heavy atom. The Balaban J connectivity index is 1.58. The highest BCUT2D eigenvalue weighted by molar-refractivity contribution is 6.32. The standard InChI is InChI=1S/C21H24ClN5O2/c1-14(2)27-20(9-11-24-27)26-21(28)15(3)25-16-7-8-19(18(22)12-16)29-13-17-6-4-5-10-23-17/h4-12,14-15,25H,13H2,1-3H3,(H,26,28). The number of hydrogen-bond donors (Lipinski definition) is 2. The predicted octanol–water partition coefficient (Wildman–Crippen LogP) is 4.53. The third-order valence-corrected chi connectivity index (χ3v) is 4.52. The second-order valence-electron chi connectivity index (χ2n) is 6.86. The van der Waals surface area contributed by atoms with Crippen LogP contribution in [0.1, 0.15) is 32.5 Å². The Bertz CT molecular complexity index is 959. The molecule has 0 bridgehead atoms. The molecular weight excluding hydrogens is 390 g/mol. The number of anilines is 2. The molecule has 1 amide bonds. The van der Waals surface area contributed by atoms with Gasteiger partial charge in [0.2, 0.25) is 5.91 Å². The summed E-state index contributed by atoms with van der Waals surface area (Å²) in [4.78, 5) is 16.7. The van der Waals surface area contributed by atoms with Crippen LogP contribution in [0.5, 0.6) is 5.75 Å². The van der Waals surface area contributed by atoms with Crippen molar-refractivity contribution in [2.75, 3.05) is 10.6 Å². The van der Waals surface area contributed by atoms with Gasteiger partial charge in [-0.2, -0.15) is 5.10 Å². The lowest BCUT2D eigenvalue weighted by molar-refractivity contribution is -0.116. The second kappa shape index (κ2) is 9.43. The number of pyridine rings is 1. The van der Waals surface area contributed by atoms with Gasteiger partial charge >= 0.3 is 0 Å². The molecule has 0 fully saturated rings. The maximum absolute atomic E-state index is 12.5. The lowest BCUT2D eigenvalue weighted by Crippen LogP contribution is -2.32. The van der Waals surface area contributed by atoms with E-state index in [0.29, 0.717) is 23.2 Å². The molecule has 0 spiro atoms. The second-order valence-corrected chi connectivity index (χ2v) is 7.27. The fourth-order valence-electron chi connectivity index (χ4n) is 2.72. The molecule has 0 radical (unpaired) electrons. The van der Waals surface area contributed by atoms with Crippen LogP contribution in [0.25, 0.3) is 0 Å². The Labute approximate surface area is 175 Å². The van der Waals surface area contributed by atoms with Crippen molar-refractivity contribution in [3.05, 3.63) is 65.6 Å². The largest absolute Gasteiger partial charge is 0.486 e. The van der Waals surface area contributed by atoms with Crippen LogP contribution in [0.2, 0.25) is 5.02 Å². The number of carbonyl (C=O) groups excluding carboxylic acids is 1. The van der Waals surface area contributed by atoms with E-state index in [9.17, 15) is 4.79 Å². The number of ether oxygens (including phenoxy) is 1. The van der Waals surface area contributed by atoms with Crippen LogP contribution in [-0.2, 0) is 11.4 Å². The van der Waals surface area contributed by atoms with Gasteiger partial charge in [-0.1, -0.05) is 17.7 Å². The first-order valence-electron chi connectivity index (χ1n) is 9.37. The number of nitrogens with one attached hydrogen (secondary N) is 2. The molecule has 1 unspecified atom stereocenters. The van der Waals surface area contributed by atoms with Gasteiger partial charge in [0.25, 0.3) is 0 Å². The van der Waals surface area contributed by atoms with Crippen molar-refractivity contribution in [1.29, 1.82) is 0 Å². The first kappa shape index (κ1) is 20.7. The smallest absolute Gasteiger partial charge is 0.247 e. The maximum Gasteiger partial charge on any atom is 0.247 e. The molecule has 2 aromatic heterocycles. The quantitative estimate of drug-likeness (QED) is 0.567. The Morgan fingerprint density at radius 2 is 2.00 bits per heavy atom. The third-order valence-electron chi connectivity index (χ3n) is 4.22. The predicted molar refractivity (Wildman–Crippen MR) is 114 cm³/mol. The van der Waals surface area contributed by atoms with Gasteiger partial charge in [-0.3, -0.25) is 9.78 Å². The van der Waals surface area contributed by atoms with Crippen molar-refractivity contribution < 1.29 is 9.53 Å². The van der Waals surface area contributed by atoms with Gasteiger partial charge in [-0.05, 0) is 51.1 Å². The van der Waals surface area contributed by atoms with Crippen LogP contribution in [-0.4, -0.2) is 26.7 Å². The Kier molecular flexibility index (Phi) is 6.72. The van der Waals surface area contributed by atoms with Gasteiger partial charge in [0.15, 0.2) is 0 Å². The molecule has 0 aliphatic rings. The molecule has 0 aliphatic carbocycles. The summed E-state index contributed by atoms with van der Waals surface area (Å²) >= 11 is 6.33. The van der Waals surface area contributed by atoms with Crippen molar-refractivity contribution in [2.45, 2.75) is 39.5 Å². The van der Waals surface area contributed by atoms with E-state index in [1.807, 2.05) is 38.1 Å². The van der Waals surface area contributed by atoms with E-state index in [4.69, 9.17) is 16.3 Å². The van der Waals surface area contributed by atoms with E-state index in [0.717, 1.165) is 11.4 Å². The summed E-state index contributed by atoms with van der Waals surface area (Å²) in [6, 6.07) is 12.4. The van der Waals surface area contributed by atoms with Crippen molar-refractivity contribution in [1.82, 2.24) is 14.8 Å². The van der Waals surface area contributed by atoms with E-state index < -0.39 is 6.04 Å².